The molecular weight excluding hydrogens is 200 g/mol. The highest BCUT2D eigenvalue weighted by molar-refractivity contribution is 5.84. The Morgan fingerprint density at radius 2 is 1.81 bits per heavy atom. The summed E-state index contributed by atoms with van der Waals surface area (Å²) in [6, 6.07) is 10.6. The molecule has 1 N–H and O–H groups in total. The first-order valence-electron chi connectivity index (χ1n) is 5.79. The van der Waals surface area contributed by atoms with Crippen LogP contribution in [0.1, 0.15) is 18.4 Å². The van der Waals surface area contributed by atoms with E-state index in [1.807, 2.05) is 0 Å². The number of hydrogen-bond acceptors (Lipinski definition) is 2. The lowest BCUT2D eigenvalue weighted by Crippen LogP contribution is -2.49. The third kappa shape index (κ3) is 2.61. The molecule has 0 aromatic heterocycles. The molecule has 86 valence electrons. The first-order valence-corrected chi connectivity index (χ1v) is 5.79. The molecule has 16 heavy (non-hydrogen) atoms. The Morgan fingerprint density at radius 1 is 1.19 bits per heavy atom. The second-order valence-electron chi connectivity index (χ2n) is 4.88. The van der Waals surface area contributed by atoms with Gasteiger partial charge in [-0.25, -0.2) is 0 Å². The third-order valence-corrected chi connectivity index (χ3v) is 3.43. The fourth-order valence-corrected chi connectivity index (χ4v) is 2.32. The van der Waals surface area contributed by atoms with Gasteiger partial charge >= 0.3 is 0 Å². The van der Waals surface area contributed by atoms with Gasteiger partial charge in [-0.1, -0.05) is 35.5 Å². The van der Waals surface area contributed by atoms with Crippen molar-refractivity contribution in [1.29, 1.82) is 0 Å². The predicted molar refractivity (Wildman–Crippen MR) is 64.5 cm³/mol. The summed E-state index contributed by atoms with van der Waals surface area (Å²) in [5, 5.41) is 12.1. The van der Waals surface area contributed by atoms with E-state index in [9.17, 15) is 0 Å². The van der Waals surface area contributed by atoms with Crippen LogP contribution in [0.4, 0.5) is 0 Å². The minimum absolute atomic E-state index is 0.917. The minimum Gasteiger partial charge on any atom is -0.411 e. The number of nitrogens with zero attached hydrogens (tertiary/aromatic N) is 2. The van der Waals surface area contributed by atoms with Crippen LogP contribution in [0.5, 0.6) is 0 Å². The van der Waals surface area contributed by atoms with Gasteiger partial charge in [-0.15, -0.1) is 0 Å². The molecule has 0 bridgehead atoms. The summed E-state index contributed by atoms with van der Waals surface area (Å²) < 4.78 is 1.04. The lowest BCUT2D eigenvalue weighted by molar-refractivity contribution is -0.923. The summed E-state index contributed by atoms with van der Waals surface area (Å²) in [7, 11) is 2.28. The van der Waals surface area contributed by atoms with Crippen LogP contribution in [0, 0.1) is 0 Å². The van der Waals surface area contributed by atoms with Crippen LogP contribution in [0.15, 0.2) is 35.5 Å². The van der Waals surface area contributed by atoms with Gasteiger partial charge in [0.2, 0.25) is 0 Å². The summed E-state index contributed by atoms with van der Waals surface area (Å²) >= 11 is 0. The lowest BCUT2D eigenvalue weighted by atomic mass is 10.0. The first kappa shape index (κ1) is 11.1. The van der Waals surface area contributed by atoms with Crippen LogP contribution in [0.25, 0.3) is 0 Å². The standard InChI is InChI=1S/C13H18N2O/c1-15(9-7-13(14-16)8-10-15)11-12-5-3-2-4-6-12/h2-6H,7-11H2,1H3/p+1. The quantitative estimate of drug-likeness (QED) is 0.462. The fourth-order valence-electron chi connectivity index (χ4n) is 2.32. The second-order valence-corrected chi connectivity index (χ2v) is 4.88. The molecule has 0 aliphatic carbocycles. The first-order chi connectivity index (χ1) is 7.72. The maximum atomic E-state index is 8.73. The van der Waals surface area contributed by atoms with Crippen LogP contribution in [0.3, 0.4) is 0 Å². The van der Waals surface area contributed by atoms with Crippen molar-refractivity contribution in [1.82, 2.24) is 0 Å². The van der Waals surface area contributed by atoms with Crippen molar-refractivity contribution in [2.75, 3.05) is 20.1 Å². The summed E-state index contributed by atoms with van der Waals surface area (Å²) in [6.07, 6.45) is 1.83. The highest BCUT2D eigenvalue weighted by atomic mass is 16.4. The number of rotatable bonds is 2. The Morgan fingerprint density at radius 3 is 2.38 bits per heavy atom. The highest BCUT2D eigenvalue weighted by Crippen LogP contribution is 2.18. The van der Waals surface area contributed by atoms with Gasteiger partial charge in [0, 0.05) is 18.4 Å². The van der Waals surface area contributed by atoms with E-state index < -0.39 is 0 Å². The number of likely N-dealkylation sites (tertiary alicyclic amines) is 1. The van der Waals surface area contributed by atoms with Gasteiger partial charge in [0.25, 0.3) is 0 Å². The molecule has 1 aromatic rings. The van der Waals surface area contributed by atoms with Crippen LogP contribution in [-0.2, 0) is 6.54 Å². The molecular formula is C13H19N2O+. The maximum Gasteiger partial charge on any atom is 0.104 e. The van der Waals surface area contributed by atoms with Crippen molar-refractivity contribution in [2.24, 2.45) is 5.16 Å². The Hall–Kier alpha value is -1.35. The van der Waals surface area contributed by atoms with Crippen molar-refractivity contribution >= 4 is 5.71 Å². The maximum absolute atomic E-state index is 8.73. The van der Waals surface area contributed by atoms with Crippen LogP contribution >= 0.6 is 0 Å². The van der Waals surface area contributed by atoms with Gasteiger partial charge < -0.3 is 9.69 Å². The van der Waals surface area contributed by atoms with E-state index in [1.54, 1.807) is 0 Å². The van der Waals surface area contributed by atoms with E-state index in [0.29, 0.717) is 0 Å². The van der Waals surface area contributed by atoms with Crippen LogP contribution in [0.2, 0.25) is 0 Å². The number of benzene rings is 1. The molecule has 1 saturated heterocycles. The van der Waals surface area contributed by atoms with Gasteiger partial charge in [0.1, 0.15) is 6.54 Å². The number of piperidine rings is 1. The molecule has 3 heteroatoms. The molecule has 1 fully saturated rings. The van der Waals surface area contributed by atoms with E-state index in [-0.39, 0.29) is 0 Å². The van der Waals surface area contributed by atoms with Crippen molar-refractivity contribution in [3.63, 3.8) is 0 Å². The van der Waals surface area contributed by atoms with Crippen molar-refractivity contribution in [2.45, 2.75) is 19.4 Å². The average Bonchev–Trinajstić information content (AvgIpc) is 2.31. The molecule has 1 aromatic carbocycles. The smallest absolute Gasteiger partial charge is 0.104 e. The number of hydrogen-bond donors (Lipinski definition) is 1. The third-order valence-electron chi connectivity index (χ3n) is 3.43. The SMILES string of the molecule is C[N+]1(Cc2ccccc2)CCC(=NO)CC1. The Balaban J connectivity index is 2.00. The summed E-state index contributed by atoms with van der Waals surface area (Å²) in [5.74, 6) is 0. The minimum atomic E-state index is 0.917. The van der Waals surface area contributed by atoms with Crippen molar-refractivity contribution in [3.8, 4) is 0 Å². The zero-order chi connectivity index (χ0) is 11.4. The Bertz CT molecular complexity index is 363. The van der Waals surface area contributed by atoms with Gasteiger partial charge in [-0.05, 0) is 0 Å². The van der Waals surface area contributed by atoms with E-state index >= 15 is 0 Å². The van der Waals surface area contributed by atoms with E-state index in [4.69, 9.17) is 5.21 Å². The van der Waals surface area contributed by atoms with Gasteiger partial charge in [-0.2, -0.15) is 0 Å². The molecule has 0 unspecified atom stereocenters. The normalized spacial score (nSPS) is 25.4. The molecule has 1 heterocycles. The van der Waals surface area contributed by atoms with Crippen LogP contribution < -0.4 is 0 Å². The van der Waals surface area contributed by atoms with Crippen molar-refractivity contribution < 1.29 is 9.69 Å². The van der Waals surface area contributed by atoms with Crippen LogP contribution in [-0.4, -0.2) is 35.5 Å². The molecule has 1 aliphatic heterocycles. The molecule has 0 saturated carbocycles. The molecule has 0 atom stereocenters. The average molecular weight is 219 g/mol. The zero-order valence-electron chi connectivity index (χ0n) is 9.76. The lowest BCUT2D eigenvalue weighted by Gasteiger charge is -2.38. The van der Waals surface area contributed by atoms with Gasteiger partial charge in [0.05, 0.1) is 25.8 Å². The molecule has 0 radical (unpaired) electrons. The summed E-state index contributed by atoms with van der Waals surface area (Å²) in [6.45, 7) is 3.20. The van der Waals surface area contributed by atoms with Gasteiger partial charge in [0.15, 0.2) is 0 Å². The monoisotopic (exact) mass is 219 g/mol. The second kappa shape index (κ2) is 4.66. The van der Waals surface area contributed by atoms with E-state index in [2.05, 4.69) is 42.5 Å². The fraction of sp³-hybridized carbons (Fsp3) is 0.462. The zero-order valence-corrected chi connectivity index (χ0v) is 9.76. The molecule has 2 rings (SSSR count). The van der Waals surface area contributed by atoms with Crippen molar-refractivity contribution in [3.05, 3.63) is 35.9 Å². The Kier molecular flexibility index (Phi) is 3.25. The largest absolute Gasteiger partial charge is 0.411 e. The topological polar surface area (TPSA) is 32.6 Å². The molecule has 0 spiro atoms. The predicted octanol–water partition coefficient (Wildman–Crippen LogP) is 2.26. The number of quaternary nitrogens is 1. The van der Waals surface area contributed by atoms with E-state index in [1.165, 1.54) is 5.56 Å². The van der Waals surface area contributed by atoms with E-state index in [0.717, 1.165) is 42.7 Å². The van der Waals surface area contributed by atoms with Gasteiger partial charge in [-0.3, -0.25) is 0 Å². The Labute approximate surface area is 96.6 Å². The summed E-state index contributed by atoms with van der Waals surface area (Å²) in [5.41, 5.74) is 2.33. The number of oxime groups is 1. The molecule has 1 aliphatic rings. The molecule has 3 nitrogen and oxygen atoms in total. The summed E-state index contributed by atoms with van der Waals surface area (Å²) in [4.78, 5) is 0. The highest BCUT2D eigenvalue weighted by Gasteiger charge is 2.27. The molecule has 0 amide bonds.